The molecule has 3 aliphatic heterocycles. The maximum atomic E-state index is 12.2. The second-order valence-electron chi connectivity index (χ2n) is 6.15. The second kappa shape index (κ2) is 5.62. The summed E-state index contributed by atoms with van der Waals surface area (Å²) in [6.45, 7) is 1.97. The van der Waals surface area contributed by atoms with Crippen LogP contribution in [0.3, 0.4) is 0 Å². The standard InChI is InChI=1S/C14H20N4O2S/c19-13(15-7-10-2-1-5-20-10)8-18-9-3-4-12(18)14-11(6-9)16-17-21-14/h9-10,12H,1-8H2,(H,15,19)/t9-,10-,12-/m1/s1. The van der Waals surface area contributed by atoms with Crippen molar-refractivity contribution in [3.05, 3.63) is 10.6 Å². The number of nitrogens with zero attached hydrogens (tertiary/aromatic N) is 3. The molecule has 2 saturated heterocycles. The predicted octanol–water partition coefficient (Wildman–Crippen LogP) is 0.895. The fraction of sp³-hybridized carbons (Fsp3) is 0.786. The number of carbonyl (C=O) groups excluding carboxylic acids is 1. The van der Waals surface area contributed by atoms with E-state index >= 15 is 0 Å². The van der Waals surface area contributed by atoms with E-state index < -0.39 is 0 Å². The van der Waals surface area contributed by atoms with Gasteiger partial charge >= 0.3 is 0 Å². The molecule has 2 bridgehead atoms. The Morgan fingerprint density at radius 3 is 3.24 bits per heavy atom. The molecule has 3 atom stereocenters. The number of hydrogen-bond donors (Lipinski definition) is 1. The van der Waals surface area contributed by atoms with Crippen LogP contribution in [-0.2, 0) is 16.0 Å². The molecule has 114 valence electrons. The van der Waals surface area contributed by atoms with Gasteiger partial charge in [0, 0.05) is 31.7 Å². The van der Waals surface area contributed by atoms with Crippen LogP contribution in [0.15, 0.2) is 0 Å². The lowest BCUT2D eigenvalue weighted by molar-refractivity contribution is -0.123. The molecule has 1 amide bonds. The highest BCUT2D eigenvalue weighted by Crippen LogP contribution is 2.44. The van der Waals surface area contributed by atoms with E-state index in [0.29, 0.717) is 25.2 Å². The molecule has 4 rings (SSSR count). The molecule has 3 aliphatic rings. The first-order valence-corrected chi connectivity index (χ1v) is 8.54. The van der Waals surface area contributed by atoms with Gasteiger partial charge in [-0.1, -0.05) is 4.49 Å². The summed E-state index contributed by atoms with van der Waals surface area (Å²) in [7, 11) is 0. The molecular formula is C14H20N4O2S. The Bertz CT molecular complexity index is 529. The van der Waals surface area contributed by atoms with Crippen LogP contribution < -0.4 is 5.32 Å². The van der Waals surface area contributed by atoms with Crippen molar-refractivity contribution in [3.8, 4) is 0 Å². The molecule has 4 heterocycles. The topological polar surface area (TPSA) is 67.4 Å². The lowest BCUT2D eigenvalue weighted by Gasteiger charge is -2.32. The molecule has 1 aromatic heterocycles. The summed E-state index contributed by atoms with van der Waals surface area (Å²) in [6, 6.07) is 0.812. The third kappa shape index (κ3) is 2.58. The molecule has 0 unspecified atom stereocenters. The monoisotopic (exact) mass is 308 g/mol. The summed E-state index contributed by atoms with van der Waals surface area (Å²) in [5.74, 6) is 0.114. The number of rotatable bonds is 4. The molecule has 1 N–H and O–H groups in total. The zero-order chi connectivity index (χ0) is 14.2. The highest BCUT2D eigenvalue weighted by molar-refractivity contribution is 7.05. The van der Waals surface area contributed by atoms with E-state index in [0.717, 1.165) is 44.4 Å². The van der Waals surface area contributed by atoms with E-state index in [1.165, 1.54) is 16.4 Å². The maximum Gasteiger partial charge on any atom is 0.234 e. The van der Waals surface area contributed by atoms with Crippen LogP contribution in [0.5, 0.6) is 0 Å². The third-order valence-electron chi connectivity index (χ3n) is 4.84. The Morgan fingerprint density at radius 2 is 2.38 bits per heavy atom. The van der Waals surface area contributed by atoms with Crippen LogP contribution in [0.4, 0.5) is 0 Å². The first kappa shape index (κ1) is 13.6. The van der Waals surface area contributed by atoms with Crippen molar-refractivity contribution < 1.29 is 9.53 Å². The molecule has 0 radical (unpaired) electrons. The molecular weight excluding hydrogens is 288 g/mol. The van der Waals surface area contributed by atoms with Gasteiger partial charge in [-0.3, -0.25) is 9.69 Å². The van der Waals surface area contributed by atoms with E-state index in [1.807, 2.05) is 0 Å². The smallest absolute Gasteiger partial charge is 0.234 e. The van der Waals surface area contributed by atoms with E-state index in [1.54, 1.807) is 0 Å². The van der Waals surface area contributed by atoms with Crippen molar-refractivity contribution in [2.75, 3.05) is 19.7 Å². The molecule has 0 aromatic carbocycles. The van der Waals surface area contributed by atoms with E-state index in [4.69, 9.17) is 4.74 Å². The zero-order valence-electron chi connectivity index (χ0n) is 12.0. The molecule has 0 saturated carbocycles. The first-order chi connectivity index (χ1) is 10.3. The fourth-order valence-corrected chi connectivity index (χ4v) is 4.60. The molecule has 0 spiro atoms. The number of aromatic nitrogens is 2. The minimum atomic E-state index is 0.114. The third-order valence-corrected chi connectivity index (χ3v) is 5.70. The van der Waals surface area contributed by atoms with Gasteiger partial charge in [-0.15, -0.1) is 5.10 Å². The van der Waals surface area contributed by atoms with Gasteiger partial charge in [0.1, 0.15) is 0 Å². The van der Waals surface area contributed by atoms with Gasteiger partial charge in [0.05, 0.1) is 23.2 Å². The van der Waals surface area contributed by atoms with Crippen LogP contribution in [0, 0.1) is 0 Å². The van der Waals surface area contributed by atoms with Crippen LogP contribution in [0.2, 0.25) is 0 Å². The summed E-state index contributed by atoms with van der Waals surface area (Å²) in [5.41, 5.74) is 1.16. The molecule has 0 aliphatic carbocycles. The number of ether oxygens (including phenoxy) is 1. The molecule has 6 nitrogen and oxygen atoms in total. The zero-order valence-corrected chi connectivity index (χ0v) is 12.8. The predicted molar refractivity (Wildman–Crippen MR) is 78.1 cm³/mol. The average molecular weight is 308 g/mol. The van der Waals surface area contributed by atoms with Crippen LogP contribution in [-0.4, -0.2) is 52.2 Å². The SMILES string of the molecule is O=C(CN1[C@@H]2CC[C@@H]1c1snnc1C2)NC[C@H]1CCCO1. The fourth-order valence-electron chi connectivity index (χ4n) is 3.76. The summed E-state index contributed by atoms with van der Waals surface area (Å²) in [5, 5.41) is 7.25. The average Bonchev–Trinajstić information content (AvgIpc) is 3.19. The van der Waals surface area contributed by atoms with Gasteiger partial charge < -0.3 is 10.1 Å². The Labute approximate surface area is 128 Å². The number of carbonyl (C=O) groups is 1. The lowest BCUT2D eigenvalue weighted by atomic mass is 10.1. The first-order valence-electron chi connectivity index (χ1n) is 7.76. The van der Waals surface area contributed by atoms with Crippen molar-refractivity contribution in [2.45, 2.75) is 50.3 Å². The summed E-state index contributed by atoms with van der Waals surface area (Å²) in [6.07, 6.45) is 5.61. The lowest BCUT2D eigenvalue weighted by Crippen LogP contribution is -2.45. The number of nitrogens with one attached hydrogen (secondary N) is 1. The summed E-state index contributed by atoms with van der Waals surface area (Å²) < 4.78 is 9.61. The van der Waals surface area contributed by atoms with Gasteiger partial charge in [0.25, 0.3) is 0 Å². The molecule has 21 heavy (non-hydrogen) atoms. The van der Waals surface area contributed by atoms with Crippen molar-refractivity contribution >= 4 is 17.4 Å². The Hall–Kier alpha value is -1.05. The van der Waals surface area contributed by atoms with Crippen LogP contribution in [0.25, 0.3) is 0 Å². The Kier molecular flexibility index (Phi) is 3.64. The highest BCUT2D eigenvalue weighted by atomic mass is 32.1. The van der Waals surface area contributed by atoms with E-state index in [-0.39, 0.29) is 12.0 Å². The van der Waals surface area contributed by atoms with Gasteiger partial charge in [0.15, 0.2) is 0 Å². The summed E-state index contributed by atoms with van der Waals surface area (Å²) >= 11 is 1.49. The molecule has 7 heteroatoms. The Balaban J connectivity index is 1.36. The van der Waals surface area contributed by atoms with Crippen molar-refractivity contribution in [1.29, 1.82) is 0 Å². The minimum absolute atomic E-state index is 0.114. The highest BCUT2D eigenvalue weighted by Gasteiger charge is 2.42. The van der Waals surface area contributed by atoms with Gasteiger partial charge in [0.2, 0.25) is 5.91 Å². The molecule has 1 aromatic rings. The normalized spacial score (nSPS) is 31.3. The van der Waals surface area contributed by atoms with Crippen LogP contribution >= 0.6 is 11.5 Å². The van der Waals surface area contributed by atoms with E-state index in [9.17, 15) is 4.79 Å². The maximum absolute atomic E-state index is 12.2. The Morgan fingerprint density at radius 1 is 1.43 bits per heavy atom. The van der Waals surface area contributed by atoms with Gasteiger partial charge in [-0.2, -0.15) is 0 Å². The number of fused-ring (bicyclic) bond motifs is 4. The van der Waals surface area contributed by atoms with Gasteiger partial charge in [-0.05, 0) is 37.2 Å². The van der Waals surface area contributed by atoms with E-state index in [2.05, 4.69) is 19.8 Å². The number of hydrogen-bond acceptors (Lipinski definition) is 6. The largest absolute Gasteiger partial charge is 0.376 e. The van der Waals surface area contributed by atoms with Gasteiger partial charge in [-0.25, -0.2) is 0 Å². The van der Waals surface area contributed by atoms with Crippen molar-refractivity contribution in [3.63, 3.8) is 0 Å². The minimum Gasteiger partial charge on any atom is -0.376 e. The quantitative estimate of drug-likeness (QED) is 0.895. The molecule has 2 fully saturated rings. The second-order valence-corrected chi connectivity index (χ2v) is 6.93. The van der Waals surface area contributed by atoms with Crippen molar-refractivity contribution in [2.24, 2.45) is 0 Å². The van der Waals surface area contributed by atoms with Crippen LogP contribution in [0.1, 0.15) is 42.3 Å². The van der Waals surface area contributed by atoms with Crippen molar-refractivity contribution in [1.82, 2.24) is 19.8 Å². The summed E-state index contributed by atoms with van der Waals surface area (Å²) in [4.78, 5) is 15.8. The number of amides is 1.